The molecule has 112 valence electrons. The van der Waals surface area contributed by atoms with Gasteiger partial charge in [0.15, 0.2) is 0 Å². The Morgan fingerprint density at radius 1 is 1.48 bits per heavy atom. The van der Waals surface area contributed by atoms with Crippen LogP contribution in [0.15, 0.2) is 33.9 Å². The van der Waals surface area contributed by atoms with Crippen molar-refractivity contribution in [1.29, 1.82) is 0 Å². The third-order valence-electron chi connectivity index (χ3n) is 2.83. The number of benzene rings is 1. The zero-order valence-corrected chi connectivity index (χ0v) is 13.9. The molecule has 0 fully saturated rings. The molecule has 1 heterocycles. The van der Waals surface area contributed by atoms with Gasteiger partial charge >= 0.3 is 5.97 Å². The normalized spacial score (nSPS) is 12.6. The molecule has 0 aliphatic carbocycles. The molecule has 21 heavy (non-hydrogen) atoms. The topological polar surface area (TPSA) is 85.1 Å². The van der Waals surface area contributed by atoms with Crippen molar-refractivity contribution < 1.29 is 14.1 Å². The van der Waals surface area contributed by atoms with Crippen LogP contribution in [0.1, 0.15) is 36.1 Å². The van der Waals surface area contributed by atoms with Crippen LogP contribution in [0.5, 0.6) is 0 Å². The number of carbonyl (C=O) groups is 1. The van der Waals surface area contributed by atoms with E-state index in [-0.39, 0.29) is 17.4 Å². The molecular formula is C13H14BrN3O3S. The number of rotatable bonds is 5. The first-order valence-electron chi connectivity index (χ1n) is 6.19. The molecule has 1 aromatic heterocycles. The van der Waals surface area contributed by atoms with Gasteiger partial charge in [0, 0.05) is 15.4 Å². The fourth-order valence-corrected chi connectivity index (χ4v) is 3.31. The molecular weight excluding hydrogens is 358 g/mol. The third-order valence-corrected chi connectivity index (χ3v) is 4.82. The van der Waals surface area contributed by atoms with E-state index in [1.54, 1.807) is 16.8 Å². The van der Waals surface area contributed by atoms with E-state index < -0.39 is 16.8 Å². The van der Waals surface area contributed by atoms with E-state index >= 15 is 0 Å². The lowest BCUT2D eigenvalue weighted by molar-refractivity contribution is 0.0695. The Bertz CT molecular complexity index is 700. The van der Waals surface area contributed by atoms with Gasteiger partial charge in [0.1, 0.15) is 12.2 Å². The van der Waals surface area contributed by atoms with Gasteiger partial charge in [-0.1, -0.05) is 0 Å². The summed E-state index contributed by atoms with van der Waals surface area (Å²) in [4.78, 5) is 15.7. The molecule has 2 aromatic rings. The monoisotopic (exact) mass is 371 g/mol. The van der Waals surface area contributed by atoms with Crippen LogP contribution in [-0.2, 0) is 16.6 Å². The van der Waals surface area contributed by atoms with Gasteiger partial charge in [-0.25, -0.2) is 14.5 Å². The fourth-order valence-electron chi connectivity index (χ4n) is 1.82. The van der Waals surface area contributed by atoms with E-state index in [1.807, 2.05) is 13.8 Å². The van der Waals surface area contributed by atoms with E-state index in [0.717, 1.165) is 0 Å². The summed E-state index contributed by atoms with van der Waals surface area (Å²) in [6.07, 6.45) is 1.43. The highest BCUT2D eigenvalue weighted by Crippen LogP contribution is 2.21. The first kappa shape index (κ1) is 15.8. The molecule has 6 nitrogen and oxygen atoms in total. The van der Waals surface area contributed by atoms with Crippen molar-refractivity contribution in [1.82, 2.24) is 14.8 Å². The Labute approximate surface area is 132 Å². The van der Waals surface area contributed by atoms with Gasteiger partial charge in [-0.15, -0.1) is 0 Å². The Morgan fingerprint density at radius 2 is 2.19 bits per heavy atom. The molecule has 0 saturated heterocycles. The zero-order valence-electron chi connectivity index (χ0n) is 11.5. The Morgan fingerprint density at radius 3 is 2.81 bits per heavy atom. The first-order chi connectivity index (χ1) is 9.90. The minimum Gasteiger partial charge on any atom is -0.478 e. The summed E-state index contributed by atoms with van der Waals surface area (Å²) in [6.45, 7) is 3.92. The van der Waals surface area contributed by atoms with Gasteiger partial charge in [-0.05, 0) is 48.0 Å². The summed E-state index contributed by atoms with van der Waals surface area (Å²) in [6, 6.07) is 4.77. The summed E-state index contributed by atoms with van der Waals surface area (Å²) in [5.74, 6) is -0.256. The zero-order chi connectivity index (χ0) is 15.6. The van der Waals surface area contributed by atoms with Crippen molar-refractivity contribution in [3.63, 3.8) is 0 Å². The molecule has 8 heteroatoms. The number of carboxylic acids is 1. The standard InChI is InChI=1S/C13H14BrN3O3S/c1-8(2)17-12(15-7-16-17)6-21(20)9-3-4-11(14)10(5-9)13(18)19/h3-5,7-8H,6H2,1-2H3,(H,18,19). The van der Waals surface area contributed by atoms with E-state index in [0.29, 0.717) is 15.2 Å². The fraction of sp³-hybridized carbons (Fsp3) is 0.308. The predicted octanol–water partition coefficient (Wildman–Crippen LogP) is 2.63. The van der Waals surface area contributed by atoms with Crippen LogP contribution >= 0.6 is 15.9 Å². The van der Waals surface area contributed by atoms with Gasteiger partial charge in [0.05, 0.1) is 22.1 Å². The SMILES string of the molecule is CC(C)n1ncnc1CS(=O)c1ccc(Br)c(C(=O)O)c1. The summed E-state index contributed by atoms with van der Waals surface area (Å²) >= 11 is 3.17. The van der Waals surface area contributed by atoms with Crippen LogP contribution in [0, 0.1) is 0 Å². The van der Waals surface area contributed by atoms with Crippen LogP contribution in [0.2, 0.25) is 0 Å². The summed E-state index contributed by atoms with van der Waals surface area (Å²) in [5.41, 5.74) is 0.0891. The van der Waals surface area contributed by atoms with Crippen molar-refractivity contribution in [3.05, 3.63) is 40.4 Å². The van der Waals surface area contributed by atoms with Gasteiger partial charge < -0.3 is 5.11 Å². The van der Waals surface area contributed by atoms with E-state index in [2.05, 4.69) is 26.0 Å². The molecule has 0 bridgehead atoms. The van der Waals surface area contributed by atoms with Crippen LogP contribution in [-0.4, -0.2) is 30.0 Å². The Kier molecular flexibility index (Phi) is 4.89. The van der Waals surface area contributed by atoms with Gasteiger partial charge in [0.25, 0.3) is 0 Å². The highest BCUT2D eigenvalue weighted by molar-refractivity contribution is 9.10. The summed E-state index contributed by atoms with van der Waals surface area (Å²) in [5, 5.41) is 13.2. The number of aromatic carboxylic acids is 1. The Hall–Kier alpha value is -1.54. The van der Waals surface area contributed by atoms with Crippen LogP contribution in [0.25, 0.3) is 0 Å². The van der Waals surface area contributed by atoms with Crippen molar-refractivity contribution >= 4 is 32.7 Å². The molecule has 0 spiro atoms. The van der Waals surface area contributed by atoms with Gasteiger partial charge in [0.2, 0.25) is 0 Å². The third kappa shape index (κ3) is 3.56. The highest BCUT2D eigenvalue weighted by Gasteiger charge is 2.15. The number of nitrogens with zero attached hydrogens (tertiary/aromatic N) is 3. The minimum atomic E-state index is -1.38. The molecule has 1 unspecified atom stereocenters. The average molecular weight is 372 g/mol. The molecule has 0 aliphatic rings. The van der Waals surface area contributed by atoms with Gasteiger partial charge in [-0.3, -0.25) is 4.21 Å². The molecule has 0 aliphatic heterocycles. The maximum atomic E-state index is 12.4. The maximum Gasteiger partial charge on any atom is 0.336 e. The van der Waals surface area contributed by atoms with Gasteiger partial charge in [-0.2, -0.15) is 5.10 Å². The lowest BCUT2D eigenvalue weighted by Crippen LogP contribution is -2.11. The molecule has 0 radical (unpaired) electrons. The highest BCUT2D eigenvalue weighted by atomic mass is 79.9. The number of carboxylic acid groups (broad SMARTS) is 1. The average Bonchev–Trinajstić information content (AvgIpc) is 2.87. The number of aromatic nitrogens is 3. The molecule has 0 amide bonds. The van der Waals surface area contributed by atoms with Crippen molar-refractivity contribution in [2.75, 3.05) is 0 Å². The lowest BCUT2D eigenvalue weighted by Gasteiger charge is -2.09. The van der Waals surface area contributed by atoms with Crippen LogP contribution in [0.3, 0.4) is 0 Å². The second-order valence-electron chi connectivity index (χ2n) is 4.65. The molecule has 1 aromatic carbocycles. The first-order valence-corrected chi connectivity index (χ1v) is 8.31. The number of hydrogen-bond donors (Lipinski definition) is 1. The number of halogens is 1. The molecule has 1 N–H and O–H groups in total. The second-order valence-corrected chi connectivity index (χ2v) is 6.96. The minimum absolute atomic E-state index is 0.0891. The van der Waals surface area contributed by atoms with E-state index in [9.17, 15) is 9.00 Å². The van der Waals surface area contributed by atoms with Crippen LogP contribution < -0.4 is 0 Å². The van der Waals surface area contributed by atoms with Crippen LogP contribution in [0.4, 0.5) is 0 Å². The van der Waals surface area contributed by atoms with E-state index in [4.69, 9.17) is 5.11 Å². The largest absolute Gasteiger partial charge is 0.478 e. The molecule has 2 rings (SSSR count). The second kappa shape index (κ2) is 6.48. The molecule has 0 saturated carbocycles. The van der Waals surface area contributed by atoms with Crippen molar-refractivity contribution in [3.8, 4) is 0 Å². The molecule has 1 atom stereocenters. The van der Waals surface area contributed by atoms with Crippen molar-refractivity contribution in [2.45, 2.75) is 30.5 Å². The van der Waals surface area contributed by atoms with Crippen molar-refractivity contribution in [2.24, 2.45) is 0 Å². The summed E-state index contributed by atoms with van der Waals surface area (Å²) in [7, 11) is -1.38. The lowest BCUT2D eigenvalue weighted by atomic mass is 10.2. The predicted molar refractivity (Wildman–Crippen MR) is 81.6 cm³/mol. The summed E-state index contributed by atoms with van der Waals surface area (Å²) < 4.78 is 14.6. The smallest absolute Gasteiger partial charge is 0.336 e. The Balaban J connectivity index is 2.27. The van der Waals surface area contributed by atoms with E-state index in [1.165, 1.54) is 12.4 Å². The quantitative estimate of drug-likeness (QED) is 0.872. The number of hydrogen-bond acceptors (Lipinski definition) is 4. The maximum absolute atomic E-state index is 12.4.